The number of aryl methyl sites for hydroxylation is 1. The monoisotopic (exact) mass is 412 g/mol. The summed E-state index contributed by atoms with van der Waals surface area (Å²) in [7, 11) is 0.404. The predicted octanol–water partition coefficient (Wildman–Crippen LogP) is 4.15. The molecule has 0 spiro atoms. The molecule has 0 atom stereocenters. The summed E-state index contributed by atoms with van der Waals surface area (Å²) in [5, 5.41) is 5.23. The lowest BCUT2D eigenvalue weighted by Crippen LogP contribution is -2.50. The number of hydrogen-bond donors (Lipinski definition) is 0. The molecule has 6 rings (SSSR count). The second-order valence-electron chi connectivity index (χ2n) is 8.51. The highest BCUT2D eigenvalue weighted by molar-refractivity contribution is 7.05. The summed E-state index contributed by atoms with van der Waals surface area (Å²) in [6.07, 6.45) is 2.16. The van der Waals surface area contributed by atoms with E-state index in [4.69, 9.17) is 4.98 Å². The van der Waals surface area contributed by atoms with E-state index in [0.717, 1.165) is 11.2 Å². The predicted molar refractivity (Wildman–Crippen MR) is 124 cm³/mol. The van der Waals surface area contributed by atoms with Gasteiger partial charge in [-0.25, -0.2) is 8.77 Å². The molecular weight excluding hydrogens is 390 g/mol. The fraction of sp³-hybridized carbons (Fsp3) is 0.167. The van der Waals surface area contributed by atoms with Crippen LogP contribution in [0.25, 0.3) is 39.1 Å². The highest BCUT2D eigenvalue weighted by Crippen LogP contribution is 2.35. The van der Waals surface area contributed by atoms with Crippen LogP contribution in [0.3, 0.4) is 0 Å². The van der Waals surface area contributed by atoms with E-state index in [0.29, 0.717) is 0 Å². The summed E-state index contributed by atoms with van der Waals surface area (Å²) in [6, 6.07) is 17.9. The first-order valence-corrected chi connectivity index (χ1v) is 13.8. The highest BCUT2D eigenvalue weighted by Gasteiger charge is 2.39. The molecule has 1 aliphatic heterocycles. The molecule has 0 saturated carbocycles. The van der Waals surface area contributed by atoms with Gasteiger partial charge in [0, 0.05) is 11.4 Å². The summed E-state index contributed by atoms with van der Waals surface area (Å²) in [5.74, 6) is 0. The van der Waals surface area contributed by atoms with E-state index >= 15 is 0 Å². The van der Waals surface area contributed by atoms with Gasteiger partial charge in [-0.3, -0.25) is 0 Å². The molecule has 0 radical (unpaired) electrons. The van der Waals surface area contributed by atoms with Crippen molar-refractivity contribution in [2.24, 2.45) is 7.05 Å². The van der Waals surface area contributed by atoms with Gasteiger partial charge in [0.15, 0.2) is 11.7 Å². The molecule has 0 bridgehead atoms. The fourth-order valence-electron chi connectivity index (χ4n) is 5.26. The standard InChI is InChI=1S/C24H22N3SSi/c1-15-16(9-10-18-17-7-5-6-8-20(17)29(3,4)24(15)18)23-22-19(11-13-26(23)2)27-21(25-22)12-14-28-27/h5-14H,1-4H3/q+1. The number of nitrogens with zero attached hydrogens (tertiary/aromatic N) is 3. The first-order valence-electron chi connectivity index (χ1n) is 9.97. The van der Waals surface area contributed by atoms with E-state index in [2.05, 4.69) is 95.5 Å². The molecule has 5 aromatic rings. The maximum atomic E-state index is 4.99. The molecule has 5 heteroatoms. The maximum absolute atomic E-state index is 4.99. The maximum Gasteiger partial charge on any atom is 0.240 e. The van der Waals surface area contributed by atoms with Crippen LogP contribution in [0.15, 0.2) is 60.1 Å². The van der Waals surface area contributed by atoms with Crippen molar-refractivity contribution in [1.82, 2.24) is 8.77 Å². The van der Waals surface area contributed by atoms with E-state index < -0.39 is 8.07 Å². The quantitative estimate of drug-likeness (QED) is 0.299. The zero-order valence-corrected chi connectivity index (χ0v) is 18.8. The minimum absolute atomic E-state index is 1.03. The van der Waals surface area contributed by atoms with Crippen LogP contribution in [0, 0.1) is 6.92 Å². The Morgan fingerprint density at radius 2 is 1.76 bits per heavy atom. The van der Waals surface area contributed by atoms with E-state index in [1.54, 1.807) is 21.9 Å². The Hall–Kier alpha value is -2.76. The van der Waals surface area contributed by atoms with Crippen molar-refractivity contribution in [2.45, 2.75) is 20.0 Å². The third kappa shape index (κ3) is 2.12. The molecule has 4 heterocycles. The van der Waals surface area contributed by atoms with Crippen molar-refractivity contribution in [2.75, 3.05) is 0 Å². The van der Waals surface area contributed by atoms with Crippen LogP contribution in [-0.4, -0.2) is 16.8 Å². The van der Waals surface area contributed by atoms with Crippen molar-refractivity contribution in [3.63, 3.8) is 0 Å². The minimum atomic E-state index is -1.73. The first-order chi connectivity index (χ1) is 14.0. The molecule has 1 aliphatic rings. The number of pyridine rings is 1. The highest BCUT2D eigenvalue weighted by atomic mass is 32.1. The van der Waals surface area contributed by atoms with Crippen molar-refractivity contribution in [1.29, 1.82) is 0 Å². The van der Waals surface area contributed by atoms with Gasteiger partial charge in [-0.1, -0.05) is 55.0 Å². The molecule has 0 aliphatic carbocycles. The molecule has 3 aromatic heterocycles. The second kappa shape index (κ2) is 5.65. The Morgan fingerprint density at radius 1 is 0.966 bits per heavy atom. The van der Waals surface area contributed by atoms with Gasteiger partial charge in [-0.2, -0.15) is 4.57 Å². The van der Waals surface area contributed by atoms with Gasteiger partial charge >= 0.3 is 0 Å². The average Bonchev–Trinajstić information content (AvgIpc) is 3.35. The smallest absolute Gasteiger partial charge is 0.240 e. The van der Waals surface area contributed by atoms with Gasteiger partial charge in [0.25, 0.3) is 0 Å². The Balaban J connectivity index is 1.69. The average molecular weight is 413 g/mol. The van der Waals surface area contributed by atoms with E-state index in [-0.39, 0.29) is 0 Å². The van der Waals surface area contributed by atoms with Gasteiger partial charge in [-0.15, -0.1) is 0 Å². The lowest BCUT2D eigenvalue weighted by molar-refractivity contribution is -0.659. The second-order valence-corrected chi connectivity index (χ2v) is 13.6. The number of benzene rings is 2. The summed E-state index contributed by atoms with van der Waals surface area (Å²) >= 11 is 1.70. The molecule has 2 aromatic carbocycles. The Labute approximate surface area is 175 Å². The van der Waals surface area contributed by atoms with Gasteiger partial charge in [0.2, 0.25) is 5.69 Å². The van der Waals surface area contributed by atoms with Crippen LogP contribution in [0.1, 0.15) is 5.56 Å². The van der Waals surface area contributed by atoms with Crippen molar-refractivity contribution in [3.8, 4) is 22.4 Å². The summed E-state index contributed by atoms with van der Waals surface area (Å²) < 4.78 is 4.45. The molecule has 3 nitrogen and oxygen atoms in total. The Morgan fingerprint density at radius 3 is 2.62 bits per heavy atom. The topological polar surface area (TPSA) is 21.2 Å². The van der Waals surface area contributed by atoms with Gasteiger partial charge in [0.1, 0.15) is 20.8 Å². The Bertz CT molecular complexity index is 1460. The zero-order chi connectivity index (χ0) is 19.9. The number of imidazole rings is 1. The first kappa shape index (κ1) is 17.1. The largest absolute Gasteiger partial charge is 0.247 e. The van der Waals surface area contributed by atoms with Crippen molar-refractivity contribution in [3.05, 3.63) is 65.7 Å². The molecule has 0 amide bonds. The number of rotatable bonds is 1. The van der Waals surface area contributed by atoms with E-state index in [1.807, 2.05) is 0 Å². The third-order valence-corrected chi connectivity index (χ3v) is 11.1. The van der Waals surface area contributed by atoms with Gasteiger partial charge < -0.3 is 0 Å². The summed E-state index contributed by atoms with van der Waals surface area (Å²) in [5.41, 5.74) is 10.1. The molecule has 0 N–H and O–H groups in total. The number of fused-ring (bicyclic) bond motifs is 6. The molecular formula is C24H22N3SSi+. The van der Waals surface area contributed by atoms with Gasteiger partial charge in [0.05, 0.1) is 11.1 Å². The normalized spacial score (nSPS) is 14.5. The number of aromatic nitrogens is 3. The van der Waals surface area contributed by atoms with Crippen LogP contribution in [0.2, 0.25) is 13.1 Å². The van der Waals surface area contributed by atoms with Crippen LogP contribution in [0.5, 0.6) is 0 Å². The summed E-state index contributed by atoms with van der Waals surface area (Å²) in [4.78, 5) is 4.99. The van der Waals surface area contributed by atoms with Crippen molar-refractivity contribution >= 4 is 46.7 Å². The van der Waals surface area contributed by atoms with Gasteiger partial charge in [-0.05, 0) is 46.1 Å². The fourth-order valence-corrected chi connectivity index (χ4v) is 9.67. The van der Waals surface area contributed by atoms with Crippen LogP contribution >= 0.6 is 11.5 Å². The molecule has 142 valence electrons. The third-order valence-electron chi connectivity index (χ3n) is 6.55. The van der Waals surface area contributed by atoms with Crippen molar-refractivity contribution < 1.29 is 4.57 Å². The minimum Gasteiger partial charge on any atom is -0.247 e. The van der Waals surface area contributed by atoms with Crippen LogP contribution in [0.4, 0.5) is 0 Å². The molecule has 0 unspecified atom stereocenters. The van der Waals surface area contributed by atoms with E-state index in [1.165, 1.54) is 33.5 Å². The molecule has 0 saturated heterocycles. The molecule has 29 heavy (non-hydrogen) atoms. The van der Waals surface area contributed by atoms with E-state index in [9.17, 15) is 0 Å². The lowest BCUT2D eigenvalue weighted by Gasteiger charge is -2.22. The molecule has 0 fully saturated rings. The summed E-state index contributed by atoms with van der Waals surface area (Å²) in [6.45, 7) is 7.29. The SMILES string of the molecule is Cc1c(-c2c3nc4ccsn4c3cc[n+]2C)ccc2c1[Si](C)(C)c1ccccc1-2. The zero-order valence-electron chi connectivity index (χ0n) is 17.0. The van der Waals surface area contributed by atoms with Crippen LogP contribution < -0.4 is 14.9 Å². The lowest BCUT2D eigenvalue weighted by atomic mass is 9.97. The Kier molecular flexibility index (Phi) is 3.33. The number of hydrogen-bond acceptors (Lipinski definition) is 2. The van der Waals surface area contributed by atoms with Crippen LogP contribution in [-0.2, 0) is 7.05 Å².